The number of hydrogen-bond donors (Lipinski definition) is 2. The molecular weight excluding hydrogens is 290 g/mol. The van der Waals surface area contributed by atoms with E-state index < -0.39 is 6.10 Å². The number of aromatic nitrogens is 2. The summed E-state index contributed by atoms with van der Waals surface area (Å²) in [6, 6.07) is 15.7. The van der Waals surface area contributed by atoms with Crippen LogP contribution in [0.25, 0.3) is 11.0 Å². The van der Waals surface area contributed by atoms with Gasteiger partial charge in [-0.25, -0.2) is 9.13 Å². The molecule has 0 aliphatic rings. The van der Waals surface area contributed by atoms with Crippen molar-refractivity contribution in [2.45, 2.75) is 19.6 Å². The number of para-hydroxylation sites is 3. The highest BCUT2D eigenvalue weighted by atomic mass is 16.5. The number of nitrogen functional groups attached to an aromatic ring is 1. The number of nitrogens with zero attached hydrogens (tertiary/aromatic N) is 2. The summed E-state index contributed by atoms with van der Waals surface area (Å²) in [4.78, 5) is 0. The second kappa shape index (κ2) is 6.30. The highest BCUT2D eigenvalue weighted by Crippen LogP contribution is 2.18. The maximum Gasteiger partial charge on any atom is 0.355 e. The van der Waals surface area contributed by atoms with Gasteiger partial charge in [0.2, 0.25) is 0 Å². The number of imidazole rings is 1. The number of benzene rings is 2. The van der Waals surface area contributed by atoms with E-state index in [1.807, 2.05) is 71.6 Å². The maximum atomic E-state index is 10.3. The van der Waals surface area contributed by atoms with E-state index in [0.717, 1.165) is 22.3 Å². The molecule has 0 fully saturated rings. The average Bonchev–Trinajstić information content (AvgIpc) is 2.80. The fourth-order valence-electron chi connectivity index (χ4n) is 2.76. The lowest BCUT2D eigenvalue weighted by Gasteiger charge is -2.13. The first kappa shape index (κ1) is 15.4. The minimum atomic E-state index is -0.646. The van der Waals surface area contributed by atoms with Gasteiger partial charge in [-0.3, -0.25) is 5.73 Å². The van der Waals surface area contributed by atoms with Gasteiger partial charge in [-0.15, -0.1) is 0 Å². The normalized spacial score (nSPS) is 12.5. The van der Waals surface area contributed by atoms with Crippen molar-refractivity contribution in [2.75, 3.05) is 12.3 Å². The van der Waals surface area contributed by atoms with Crippen LogP contribution in [0.5, 0.6) is 5.75 Å². The second-order valence-electron chi connectivity index (χ2n) is 5.75. The zero-order valence-corrected chi connectivity index (χ0v) is 13.4. The Morgan fingerprint density at radius 1 is 1.17 bits per heavy atom. The molecule has 5 heteroatoms. The molecule has 0 amide bonds. The van der Waals surface area contributed by atoms with Gasteiger partial charge in [0.1, 0.15) is 36.0 Å². The Bertz CT molecular complexity index is 826. The van der Waals surface area contributed by atoms with E-state index in [1.54, 1.807) is 0 Å². The van der Waals surface area contributed by atoms with Crippen LogP contribution >= 0.6 is 0 Å². The van der Waals surface area contributed by atoms with Crippen molar-refractivity contribution in [1.82, 2.24) is 4.57 Å². The Morgan fingerprint density at radius 2 is 1.87 bits per heavy atom. The van der Waals surface area contributed by atoms with E-state index in [0.29, 0.717) is 12.5 Å². The zero-order valence-electron chi connectivity index (χ0n) is 13.4. The van der Waals surface area contributed by atoms with Crippen molar-refractivity contribution in [3.05, 3.63) is 54.1 Å². The monoisotopic (exact) mass is 312 g/mol. The Balaban J connectivity index is 1.75. The third-order valence-electron chi connectivity index (χ3n) is 4.07. The number of aliphatic hydroxyl groups is 1. The van der Waals surface area contributed by atoms with Gasteiger partial charge in [-0.1, -0.05) is 30.3 Å². The first-order valence-electron chi connectivity index (χ1n) is 7.67. The van der Waals surface area contributed by atoms with Gasteiger partial charge in [0.25, 0.3) is 0 Å². The fourth-order valence-corrected chi connectivity index (χ4v) is 2.76. The van der Waals surface area contributed by atoms with E-state index in [9.17, 15) is 5.11 Å². The highest BCUT2D eigenvalue weighted by Gasteiger charge is 2.20. The topological polar surface area (TPSA) is 64.3 Å². The lowest BCUT2D eigenvalue weighted by atomic mass is 10.2. The summed E-state index contributed by atoms with van der Waals surface area (Å²) < 4.78 is 9.56. The third-order valence-corrected chi connectivity index (χ3v) is 4.07. The molecule has 23 heavy (non-hydrogen) atoms. The minimum absolute atomic E-state index is 0.223. The molecule has 0 saturated carbocycles. The summed E-state index contributed by atoms with van der Waals surface area (Å²) in [7, 11) is 1.92. The molecule has 3 rings (SSSR count). The molecule has 1 heterocycles. The number of nitrogens with two attached hydrogens (primary N) is 1. The standard InChI is InChI=1S/C18H21N3O2/c1-13-7-3-6-10-17(13)23-12-14(22)11-21-16-9-5-4-8-15(16)20(2)18(21)19/h3-10,14,19,22H,11-12H2,1-2H3/p+1. The third kappa shape index (κ3) is 3.00. The molecule has 0 aliphatic carbocycles. The van der Waals surface area contributed by atoms with Crippen molar-refractivity contribution in [1.29, 1.82) is 0 Å². The summed E-state index contributed by atoms with van der Waals surface area (Å²) in [5, 5.41) is 10.3. The maximum absolute atomic E-state index is 10.3. The Morgan fingerprint density at radius 3 is 2.65 bits per heavy atom. The van der Waals surface area contributed by atoms with E-state index >= 15 is 0 Å². The number of ether oxygens (including phenoxy) is 1. The number of rotatable bonds is 5. The summed E-state index contributed by atoms with van der Waals surface area (Å²) in [6.07, 6.45) is -0.646. The van der Waals surface area contributed by atoms with Crippen molar-refractivity contribution < 1.29 is 14.4 Å². The molecule has 1 unspecified atom stereocenters. The van der Waals surface area contributed by atoms with Crippen molar-refractivity contribution >= 4 is 17.0 Å². The van der Waals surface area contributed by atoms with Gasteiger partial charge in [0.05, 0.1) is 7.05 Å². The minimum Gasteiger partial charge on any atom is -0.490 e. The summed E-state index contributed by atoms with van der Waals surface area (Å²) >= 11 is 0. The average molecular weight is 312 g/mol. The fraction of sp³-hybridized carbons (Fsp3) is 0.278. The molecule has 0 saturated heterocycles. The van der Waals surface area contributed by atoms with Crippen LogP contribution in [0.4, 0.5) is 5.95 Å². The number of hydrogen-bond acceptors (Lipinski definition) is 3. The van der Waals surface area contributed by atoms with Gasteiger partial charge in [0, 0.05) is 0 Å². The lowest BCUT2D eigenvalue weighted by Crippen LogP contribution is -2.33. The van der Waals surface area contributed by atoms with Gasteiger partial charge < -0.3 is 9.84 Å². The van der Waals surface area contributed by atoms with Crippen LogP contribution in [-0.4, -0.2) is 22.4 Å². The summed E-state index contributed by atoms with van der Waals surface area (Å²) in [5.74, 6) is 1.41. The number of aryl methyl sites for hydroxylation is 2. The quantitative estimate of drug-likeness (QED) is 0.706. The molecule has 0 radical (unpaired) electrons. The molecule has 1 aromatic heterocycles. The molecule has 2 aromatic carbocycles. The first-order valence-corrected chi connectivity index (χ1v) is 7.67. The molecule has 0 aliphatic heterocycles. The zero-order chi connectivity index (χ0) is 16.4. The molecule has 0 spiro atoms. The molecule has 3 N–H and O–H groups in total. The van der Waals surface area contributed by atoms with Crippen LogP contribution in [0.2, 0.25) is 0 Å². The van der Waals surface area contributed by atoms with Crippen LogP contribution in [0, 0.1) is 6.92 Å². The molecule has 0 bridgehead atoms. The molecule has 3 aromatic rings. The van der Waals surface area contributed by atoms with Gasteiger partial charge in [0.15, 0.2) is 0 Å². The van der Waals surface area contributed by atoms with Crippen molar-refractivity contribution in [2.24, 2.45) is 7.05 Å². The van der Waals surface area contributed by atoms with Gasteiger partial charge >= 0.3 is 5.95 Å². The number of fused-ring (bicyclic) bond motifs is 1. The predicted molar refractivity (Wildman–Crippen MR) is 90.2 cm³/mol. The first-order chi connectivity index (χ1) is 11.1. The highest BCUT2D eigenvalue weighted by molar-refractivity contribution is 5.73. The summed E-state index contributed by atoms with van der Waals surface area (Å²) in [5.41, 5.74) is 9.26. The lowest BCUT2D eigenvalue weighted by molar-refractivity contribution is -0.630. The largest absolute Gasteiger partial charge is 0.490 e. The van der Waals surface area contributed by atoms with E-state index in [1.165, 1.54) is 0 Å². The van der Waals surface area contributed by atoms with E-state index in [2.05, 4.69) is 0 Å². The summed E-state index contributed by atoms with van der Waals surface area (Å²) in [6.45, 7) is 2.60. The molecule has 120 valence electrons. The van der Waals surface area contributed by atoms with Crippen LogP contribution in [-0.2, 0) is 13.6 Å². The van der Waals surface area contributed by atoms with Crippen LogP contribution in [0.3, 0.4) is 0 Å². The predicted octanol–water partition coefficient (Wildman–Crippen LogP) is 1.80. The van der Waals surface area contributed by atoms with E-state index in [-0.39, 0.29) is 6.61 Å². The second-order valence-corrected chi connectivity index (χ2v) is 5.75. The molecule has 5 nitrogen and oxygen atoms in total. The van der Waals surface area contributed by atoms with Crippen molar-refractivity contribution in [3.63, 3.8) is 0 Å². The van der Waals surface area contributed by atoms with Gasteiger partial charge in [-0.2, -0.15) is 0 Å². The number of aliphatic hydroxyl groups excluding tert-OH is 1. The Kier molecular flexibility index (Phi) is 4.21. The van der Waals surface area contributed by atoms with Gasteiger partial charge in [-0.05, 0) is 30.7 Å². The SMILES string of the molecule is Cc1ccccc1OCC(O)Cn1c(N)[n+](C)c2ccccc21. The Labute approximate surface area is 135 Å². The molecule has 1 atom stereocenters. The smallest absolute Gasteiger partial charge is 0.355 e. The van der Waals surface area contributed by atoms with Crippen LogP contribution in [0.15, 0.2) is 48.5 Å². The van der Waals surface area contributed by atoms with Crippen LogP contribution < -0.4 is 15.0 Å². The Hall–Kier alpha value is -2.53. The van der Waals surface area contributed by atoms with E-state index in [4.69, 9.17) is 10.5 Å². The molecular formula is C18H22N3O2+. The van der Waals surface area contributed by atoms with Crippen LogP contribution in [0.1, 0.15) is 5.56 Å². The van der Waals surface area contributed by atoms with Crippen molar-refractivity contribution in [3.8, 4) is 5.75 Å². The number of anilines is 1.